The molecule has 0 bridgehead atoms. The smallest absolute Gasteiger partial charge is 0.337 e. The molecule has 0 unspecified atom stereocenters. The topological polar surface area (TPSA) is 29.5 Å². The van der Waals surface area contributed by atoms with Crippen LogP contribution in [0.3, 0.4) is 0 Å². The third-order valence-electron chi connectivity index (χ3n) is 4.29. The molecule has 0 N–H and O–H groups in total. The maximum atomic E-state index is 11.6. The van der Waals surface area contributed by atoms with E-state index in [1.54, 1.807) is 0 Å². The van der Waals surface area contributed by atoms with E-state index in [1.165, 1.54) is 51.4 Å². The van der Waals surface area contributed by atoms with Crippen LogP contribution in [-0.2, 0) is 11.3 Å². The Hall–Kier alpha value is -0.870. The van der Waals surface area contributed by atoms with Crippen molar-refractivity contribution in [2.75, 3.05) is 20.2 Å². The van der Waals surface area contributed by atoms with Gasteiger partial charge in [-0.15, -0.1) is 0 Å². The molecule has 0 amide bonds. The van der Waals surface area contributed by atoms with Crippen LogP contribution in [0.1, 0.15) is 41.6 Å². The Labute approximate surface area is 134 Å². The molecule has 21 heavy (non-hydrogen) atoms. The third-order valence-corrected chi connectivity index (χ3v) is 5.03. The number of methoxy groups -OCH3 is 1. The Balaban J connectivity index is 1.67. The minimum absolute atomic E-state index is 0.282. The average molecular weight is 352 g/mol. The summed E-state index contributed by atoms with van der Waals surface area (Å²) < 4.78 is 5.77. The number of carbonyl (C=O) groups excluding carboxylic acids is 1. The van der Waals surface area contributed by atoms with Crippen molar-refractivity contribution in [2.45, 2.75) is 32.2 Å². The maximum Gasteiger partial charge on any atom is 0.337 e. The highest BCUT2D eigenvalue weighted by Gasteiger charge is 2.29. The van der Waals surface area contributed by atoms with Crippen LogP contribution in [0.2, 0.25) is 0 Å². The first-order valence-corrected chi connectivity index (χ1v) is 8.54. The average Bonchev–Trinajstić information content (AvgIpc) is 3.36. The molecule has 2 aliphatic rings. The van der Waals surface area contributed by atoms with Gasteiger partial charge in [0, 0.05) is 24.1 Å². The van der Waals surface area contributed by atoms with E-state index in [0.29, 0.717) is 5.56 Å². The van der Waals surface area contributed by atoms with Gasteiger partial charge in [0.25, 0.3) is 0 Å². The van der Waals surface area contributed by atoms with Crippen molar-refractivity contribution in [3.8, 4) is 0 Å². The maximum absolute atomic E-state index is 11.6. The molecule has 0 saturated heterocycles. The Bertz CT molecular complexity index is 510. The predicted molar refractivity (Wildman–Crippen MR) is 86.2 cm³/mol. The van der Waals surface area contributed by atoms with Crippen LogP contribution in [0, 0.1) is 11.8 Å². The Kier molecular flexibility index (Phi) is 4.65. The van der Waals surface area contributed by atoms with Crippen molar-refractivity contribution < 1.29 is 9.53 Å². The molecular formula is C17H22BrNO2. The van der Waals surface area contributed by atoms with Crippen LogP contribution < -0.4 is 0 Å². The summed E-state index contributed by atoms with van der Waals surface area (Å²) in [7, 11) is 1.41. The molecule has 2 aliphatic carbocycles. The molecule has 0 heterocycles. The zero-order valence-electron chi connectivity index (χ0n) is 12.5. The number of ether oxygens (including phenoxy) is 1. The highest BCUT2D eigenvalue weighted by molar-refractivity contribution is 9.10. The summed E-state index contributed by atoms with van der Waals surface area (Å²) >= 11 is 3.60. The van der Waals surface area contributed by atoms with E-state index in [-0.39, 0.29) is 5.97 Å². The van der Waals surface area contributed by atoms with Crippen molar-refractivity contribution in [1.82, 2.24) is 4.90 Å². The number of benzene rings is 1. The fourth-order valence-corrected chi connectivity index (χ4v) is 3.20. The minimum atomic E-state index is -0.282. The zero-order chi connectivity index (χ0) is 14.8. The van der Waals surface area contributed by atoms with Gasteiger partial charge >= 0.3 is 5.97 Å². The Morgan fingerprint density at radius 3 is 2.33 bits per heavy atom. The number of carbonyl (C=O) groups is 1. The number of nitrogens with zero attached hydrogens (tertiary/aromatic N) is 1. The van der Waals surface area contributed by atoms with Gasteiger partial charge in [0.15, 0.2) is 0 Å². The van der Waals surface area contributed by atoms with E-state index in [1.807, 2.05) is 18.2 Å². The SMILES string of the molecule is COC(=O)c1ccc(CN(CC2CC2)CC2CC2)c(Br)c1. The van der Waals surface area contributed by atoms with Gasteiger partial charge in [0.05, 0.1) is 12.7 Å². The molecule has 0 aromatic heterocycles. The highest BCUT2D eigenvalue weighted by Crippen LogP contribution is 2.34. The second-order valence-corrected chi connectivity index (χ2v) is 7.23. The summed E-state index contributed by atoms with van der Waals surface area (Å²) in [6, 6.07) is 5.77. The summed E-state index contributed by atoms with van der Waals surface area (Å²) in [6.45, 7) is 3.42. The van der Waals surface area contributed by atoms with Gasteiger partial charge in [-0.3, -0.25) is 4.90 Å². The van der Waals surface area contributed by atoms with E-state index in [9.17, 15) is 4.79 Å². The molecule has 4 heteroatoms. The van der Waals surface area contributed by atoms with Crippen molar-refractivity contribution in [3.05, 3.63) is 33.8 Å². The van der Waals surface area contributed by atoms with E-state index < -0.39 is 0 Å². The number of halogens is 1. The summed E-state index contributed by atoms with van der Waals surface area (Å²) in [5, 5.41) is 0. The number of hydrogen-bond donors (Lipinski definition) is 0. The summed E-state index contributed by atoms with van der Waals surface area (Å²) in [5.74, 6) is 1.55. The normalized spacial score (nSPS) is 18.0. The lowest BCUT2D eigenvalue weighted by Crippen LogP contribution is -2.28. The first kappa shape index (κ1) is 15.0. The van der Waals surface area contributed by atoms with Gasteiger partial charge in [-0.25, -0.2) is 4.79 Å². The van der Waals surface area contributed by atoms with Crippen LogP contribution in [0.4, 0.5) is 0 Å². The molecular weight excluding hydrogens is 330 g/mol. The van der Waals surface area contributed by atoms with E-state index in [2.05, 4.69) is 20.8 Å². The molecule has 0 radical (unpaired) electrons. The van der Waals surface area contributed by atoms with E-state index >= 15 is 0 Å². The third kappa shape index (κ3) is 4.30. The minimum Gasteiger partial charge on any atom is -0.465 e. The fourth-order valence-electron chi connectivity index (χ4n) is 2.70. The number of hydrogen-bond acceptors (Lipinski definition) is 3. The Morgan fingerprint density at radius 2 is 1.86 bits per heavy atom. The molecule has 2 fully saturated rings. The highest BCUT2D eigenvalue weighted by atomic mass is 79.9. The van der Waals surface area contributed by atoms with Crippen molar-refractivity contribution >= 4 is 21.9 Å². The summed E-state index contributed by atoms with van der Waals surface area (Å²) in [5.41, 5.74) is 1.85. The van der Waals surface area contributed by atoms with E-state index in [0.717, 1.165) is 22.9 Å². The molecule has 1 aromatic rings. The predicted octanol–water partition coefficient (Wildman–Crippen LogP) is 3.86. The summed E-state index contributed by atoms with van der Waals surface area (Å²) in [4.78, 5) is 14.1. The molecule has 0 atom stereocenters. The second kappa shape index (κ2) is 6.49. The second-order valence-electron chi connectivity index (χ2n) is 6.38. The fraction of sp³-hybridized carbons (Fsp3) is 0.588. The molecule has 0 spiro atoms. The van der Waals surface area contributed by atoms with Gasteiger partial charge in [0.2, 0.25) is 0 Å². The quantitative estimate of drug-likeness (QED) is 0.698. The lowest BCUT2D eigenvalue weighted by Gasteiger charge is -2.23. The summed E-state index contributed by atoms with van der Waals surface area (Å²) in [6.07, 6.45) is 5.57. The van der Waals surface area contributed by atoms with Gasteiger partial charge in [0.1, 0.15) is 0 Å². The van der Waals surface area contributed by atoms with Crippen molar-refractivity contribution in [2.24, 2.45) is 11.8 Å². The van der Waals surface area contributed by atoms with Crippen LogP contribution >= 0.6 is 15.9 Å². The standard InChI is InChI=1S/C17H22BrNO2/c1-21-17(20)14-6-7-15(16(18)8-14)11-19(9-12-2-3-12)10-13-4-5-13/h6-8,12-13H,2-5,9-11H2,1H3. The molecule has 2 saturated carbocycles. The largest absolute Gasteiger partial charge is 0.465 e. The van der Waals surface area contributed by atoms with Gasteiger partial charge in [-0.1, -0.05) is 22.0 Å². The van der Waals surface area contributed by atoms with Crippen molar-refractivity contribution in [3.63, 3.8) is 0 Å². The van der Waals surface area contributed by atoms with Crippen LogP contribution in [0.15, 0.2) is 22.7 Å². The number of rotatable bonds is 7. The Morgan fingerprint density at radius 1 is 1.24 bits per heavy atom. The van der Waals surface area contributed by atoms with Crippen LogP contribution in [-0.4, -0.2) is 31.1 Å². The monoisotopic (exact) mass is 351 g/mol. The number of esters is 1. The van der Waals surface area contributed by atoms with Crippen LogP contribution in [0.25, 0.3) is 0 Å². The lowest BCUT2D eigenvalue weighted by molar-refractivity contribution is 0.0600. The van der Waals surface area contributed by atoms with Gasteiger partial charge in [-0.05, 0) is 55.2 Å². The molecule has 3 nitrogen and oxygen atoms in total. The first-order valence-electron chi connectivity index (χ1n) is 7.75. The van der Waals surface area contributed by atoms with Gasteiger partial charge in [-0.2, -0.15) is 0 Å². The lowest BCUT2D eigenvalue weighted by atomic mass is 10.1. The molecule has 114 valence electrons. The van der Waals surface area contributed by atoms with E-state index in [4.69, 9.17) is 4.74 Å². The van der Waals surface area contributed by atoms with Crippen LogP contribution in [0.5, 0.6) is 0 Å². The molecule has 3 rings (SSSR count). The molecule has 0 aliphatic heterocycles. The first-order chi connectivity index (χ1) is 10.2. The van der Waals surface area contributed by atoms with Gasteiger partial charge < -0.3 is 4.74 Å². The van der Waals surface area contributed by atoms with Crippen molar-refractivity contribution in [1.29, 1.82) is 0 Å². The zero-order valence-corrected chi connectivity index (χ0v) is 14.1. The molecule has 1 aromatic carbocycles.